The number of aliphatic hydroxyl groups is 1. The van der Waals surface area contributed by atoms with Crippen LogP contribution in [0.3, 0.4) is 0 Å². The van der Waals surface area contributed by atoms with E-state index >= 15 is 0 Å². The number of ether oxygens (including phenoxy) is 1. The number of nitrogens with zero attached hydrogens (tertiary/aromatic N) is 2. The highest BCUT2D eigenvalue weighted by Crippen LogP contribution is 2.57. The Kier molecular flexibility index (Phi) is 2.65. The van der Waals surface area contributed by atoms with Gasteiger partial charge < -0.3 is 29.1 Å². The molecule has 1 unspecified atom stereocenters. The number of hydrogen-bond acceptors (Lipinski definition) is 3. The lowest BCUT2D eigenvalue weighted by Gasteiger charge is -2.37. The van der Waals surface area contributed by atoms with E-state index in [1.54, 1.807) is 0 Å². The summed E-state index contributed by atoms with van der Waals surface area (Å²) in [5, 5.41) is 28.7. The first-order chi connectivity index (χ1) is 15.4. The van der Waals surface area contributed by atoms with Crippen molar-refractivity contribution in [3.8, 4) is 5.88 Å². The van der Waals surface area contributed by atoms with Crippen molar-refractivity contribution in [3.05, 3.63) is 54.7 Å². The molecule has 0 amide bonds. The lowest BCUT2D eigenvalue weighted by atomic mass is 9.91. The molecule has 0 aliphatic carbocycles. The second-order valence-corrected chi connectivity index (χ2v) is 9.65. The summed E-state index contributed by atoms with van der Waals surface area (Å²) in [5.74, 6) is 0.176. The minimum atomic E-state index is -1.07. The van der Waals surface area contributed by atoms with Crippen LogP contribution in [0.5, 0.6) is 5.88 Å². The van der Waals surface area contributed by atoms with Gasteiger partial charge in [0.15, 0.2) is 11.6 Å². The molecular weight excluding hydrogens is 402 g/mol. The van der Waals surface area contributed by atoms with Gasteiger partial charge in [0.1, 0.15) is 11.8 Å². The third kappa shape index (κ3) is 1.58. The predicted octanol–water partition coefficient (Wildman–Crippen LogP) is 5.45. The average Bonchev–Trinajstić information content (AvgIpc) is 3.45. The maximum absolute atomic E-state index is 11.7. The van der Waals surface area contributed by atoms with Crippen LogP contribution in [0.1, 0.15) is 26.5 Å². The minimum absolute atomic E-state index is 0.176. The van der Waals surface area contributed by atoms with Crippen molar-refractivity contribution in [2.75, 3.05) is 0 Å². The maximum atomic E-state index is 11.7. The fraction of sp³-hybridized carbons (Fsp3) is 0.231. The molecule has 2 bridgehead atoms. The van der Waals surface area contributed by atoms with Crippen LogP contribution < -0.4 is 0 Å². The van der Waals surface area contributed by atoms with Crippen LogP contribution in [0.25, 0.3) is 54.4 Å². The summed E-state index contributed by atoms with van der Waals surface area (Å²) in [7, 11) is 0. The quantitative estimate of drug-likeness (QED) is 0.304. The van der Waals surface area contributed by atoms with Crippen molar-refractivity contribution < 1.29 is 14.9 Å². The Labute approximate surface area is 182 Å². The highest BCUT2D eigenvalue weighted by atomic mass is 16.6. The zero-order valence-electron chi connectivity index (χ0n) is 17.7. The molecule has 8 rings (SSSR count). The zero-order valence-corrected chi connectivity index (χ0v) is 17.7. The number of benzene rings is 3. The van der Waals surface area contributed by atoms with Crippen molar-refractivity contribution in [1.82, 2.24) is 14.1 Å². The van der Waals surface area contributed by atoms with Gasteiger partial charge in [0.05, 0.1) is 27.5 Å². The molecule has 3 atom stereocenters. The molecule has 32 heavy (non-hydrogen) atoms. The van der Waals surface area contributed by atoms with E-state index in [1.165, 1.54) is 0 Å². The number of aromatic hydroxyl groups is 1. The summed E-state index contributed by atoms with van der Waals surface area (Å²) in [6.45, 7) is 3.88. The van der Waals surface area contributed by atoms with Gasteiger partial charge in [-0.05, 0) is 26.0 Å². The predicted molar refractivity (Wildman–Crippen MR) is 125 cm³/mol. The molecule has 0 saturated carbocycles. The van der Waals surface area contributed by atoms with Crippen molar-refractivity contribution in [3.63, 3.8) is 0 Å². The molecule has 3 aromatic heterocycles. The van der Waals surface area contributed by atoms with Gasteiger partial charge in [-0.2, -0.15) is 0 Å². The molecule has 3 aromatic carbocycles. The Morgan fingerprint density at radius 1 is 0.906 bits per heavy atom. The molecule has 158 valence electrons. The largest absolute Gasteiger partial charge is 0.494 e. The first kappa shape index (κ1) is 17.1. The van der Waals surface area contributed by atoms with E-state index in [-0.39, 0.29) is 12.1 Å². The van der Waals surface area contributed by atoms with Crippen molar-refractivity contribution in [2.24, 2.45) is 0 Å². The van der Waals surface area contributed by atoms with Crippen LogP contribution in [0.4, 0.5) is 0 Å². The van der Waals surface area contributed by atoms with Gasteiger partial charge in [-0.15, -0.1) is 0 Å². The van der Waals surface area contributed by atoms with E-state index in [2.05, 4.69) is 38.4 Å². The maximum Gasteiger partial charge on any atom is 0.197 e. The Bertz CT molecular complexity index is 1800. The van der Waals surface area contributed by atoms with Crippen LogP contribution in [0, 0.1) is 0 Å². The highest BCUT2D eigenvalue weighted by Gasteiger charge is 2.58. The normalized spacial score (nSPS) is 27.0. The van der Waals surface area contributed by atoms with Crippen molar-refractivity contribution in [1.29, 1.82) is 0 Å². The molecule has 5 heterocycles. The topological polar surface area (TPSA) is 75.3 Å². The number of nitrogens with one attached hydrogen (secondary N) is 1. The number of aromatic amines is 1. The van der Waals surface area contributed by atoms with Crippen molar-refractivity contribution in [2.45, 2.75) is 37.8 Å². The third-order valence-electron chi connectivity index (χ3n) is 8.04. The summed E-state index contributed by atoms with van der Waals surface area (Å²) in [5.41, 5.74) is 2.12. The van der Waals surface area contributed by atoms with Gasteiger partial charge in [-0.25, -0.2) is 0 Å². The first-order valence-corrected chi connectivity index (χ1v) is 11.0. The van der Waals surface area contributed by atoms with Crippen LogP contribution >= 0.6 is 0 Å². The molecule has 2 aliphatic rings. The van der Waals surface area contributed by atoms with Gasteiger partial charge in [-0.3, -0.25) is 0 Å². The fourth-order valence-corrected chi connectivity index (χ4v) is 6.49. The molecule has 6 nitrogen and oxygen atoms in total. The van der Waals surface area contributed by atoms with Crippen molar-refractivity contribution >= 4 is 54.4 Å². The lowest BCUT2D eigenvalue weighted by Crippen LogP contribution is -2.48. The van der Waals surface area contributed by atoms with E-state index in [4.69, 9.17) is 4.74 Å². The smallest absolute Gasteiger partial charge is 0.197 e. The van der Waals surface area contributed by atoms with Crippen LogP contribution in [-0.4, -0.2) is 29.9 Å². The summed E-state index contributed by atoms with van der Waals surface area (Å²) in [4.78, 5) is 3.07. The average molecular weight is 423 g/mol. The number of aromatic nitrogens is 3. The van der Waals surface area contributed by atoms with Gasteiger partial charge in [0.2, 0.25) is 0 Å². The summed E-state index contributed by atoms with van der Waals surface area (Å²) >= 11 is 0. The number of para-hydroxylation sites is 2. The van der Waals surface area contributed by atoms with E-state index in [0.29, 0.717) is 6.42 Å². The fourth-order valence-electron chi connectivity index (χ4n) is 6.49. The Morgan fingerprint density at radius 2 is 1.59 bits per heavy atom. The second kappa shape index (κ2) is 4.95. The van der Waals surface area contributed by atoms with Gasteiger partial charge in [-0.1, -0.05) is 36.4 Å². The Hall–Kier alpha value is -3.48. The van der Waals surface area contributed by atoms with E-state index in [9.17, 15) is 10.2 Å². The van der Waals surface area contributed by atoms with Crippen LogP contribution in [0.15, 0.2) is 54.7 Å². The molecule has 6 aromatic rings. The molecule has 1 saturated heterocycles. The zero-order chi connectivity index (χ0) is 21.6. The summed E-state index contributed by atoms with van der Waals surface area (Å²) in [6, 6.07) is 16.5. The summed E-state index contributed by atoms with van der Waals surface area (Å²) in [6.07, 6.45) is 2.05. The van der Waals surface area contributed by atoms with E-state index < -0.39 is 11.3 Å². The Balaban J connectivity index is 1.84. The van der Waals surface area contributed by atoms with Crippen LogP contribution in [0.2, 0.25) is 0 Å². The monoisotopic (exact) mass is 423 g/mol. The van der Waals surface area contributed by atoms with Gasteiger partial charge in [0, 0.05) is 39.5 Å². The lowest BCUT2D eigenvalue weighted by molar-refractivity contribution is -0.170. The molecule has 1 fully saturated rings. The van der Waals surface area contributed by atoms with E-state index in [0.717, 1.165) is 54.4 Å². The number of hydrogen-bond donors (Lipinski definition) is 3. The van der Waals surface area contributed by atoms with E-state index in [1.807, 2.05) is 44.3 Å². The number of H-pyrrole nitrogens is 1. The highest BCUT2D eigenvalue weighted by molar-refractivity contribution is 6.37. The third-order valence-corrected chi connectivity index (χ3v) is 8.04. The molecule has 3 N–H and O–H groups in total. The van der Waals surface area contributed by atoms with Gasteiger partial charge in [0.25, 0.3) is 0 Å². The Morgan fingerprint density at radius 3 is 2.38 bits per heavy atom. The molecule has 0 radical (unpaired) electrons. The molecule has 6 heteroatoms. The summed E-state index contributed by atoms with van der Waals surface area (Å²) < 4.78 is 11.2. The minimum Gasteiger partial charge on any atom is -0.494 e. The van der Waals surface area contributed by atoms with Crippen LogP contribution in [-0.2, 0) is 10.5 Å². The number of fused-ring (bicyclic) bond motifs is 13. The molecular formula is C26H21N3O3. The number of rotatable bonds is 0. The second-order valence-electron chi connectivity index (χ2n) is 9.65. The standard InChI is InChI=1S/C26H21N3O3/c1-25(31)11-18-28-16-9-5-3-7-13(16)20-21-15(12-27-24(21)30)19-14-8-4-6-10-17(14)29(23(19)22(20)28)26(25,2)32-18/h3-10,12,18,27,30-31H,11H2,1-2H3/t18?,25-,26+/m1/s1. The van der Waals surface area contributed by atoms with Gasteiger partial charge >= 0.3 is 0 Å². The first-order valence-electron chi connectivity index (χ1n) is 11.0. The molecule has 2 aliphatic heterocycles. The SMILES string of the molecule is C[C@@]1(O)CC2O[C@]1(C)n1c3ccccc3c3c4c[nH]c(O)c4c4c5ccccc5n2c4c31. The molecule has 0 spiro atoms.